The first-order valence-corrected chi connectivity index (χ1v) is 7.38. The molecule has 0 saturated carbocycles. The van der Waals surface area contributed by atoms with Crippen LogP contribution in [0.1, 0.15) is 30.6 Å². The van der Waals surface area contributed by atoms with Crippen LogP contribution in [0.2, 0.25) is 0 Å². The molecule has 1 atom stereocenters. The van der Waals surface area contributed by atoms with Gasteiger partial charge in [0.05, 0.1) is 19.3 Å². The number of hydrogen-bond donors (Lipinski definition) is 1. The van der Waals surface area contributed by atoms with Crippen molar-refractivity contribution >= 4 is 0 Å². The Morgan fingerprint density at radius 1 is 0.952 bits per heavy atom. The van der Waals surface area contributed by atoms with Gasteiger partial charge >= 0.3 is 0 Å². The van der Waals surface area contributed by atoms with E-state index in [-0.39, 0.29) is 6.10 Å². The Labute approximate surface area is 126 Å². The van der Waals surface area contributed by atoms with Crippen molar-refractivity contribution in [2.45, 2.75) is 26.0 Å². The van der Waals surface area contributed by atoms with E-state index in [2.05, 4.69) is 19.1 Å². The van der Waals surface area contributed by atoms with Crippen molar-refractivity contribution in [3.8, 4) is 5.75 Å². The molecule has 3 heteroatoms. The first kappa shape index (κ1) is 15.5. The fourth-order valence-electron chi connectivity index (χ4n) is 2.05. The maximum atomic E-state index is 5.81. The minimum atomic E-state index is 0.120. The zero-order chi connectivity index (χ0) is 14.9. The first-order valence-electron chi connectivity index (χ1n) is 7.38. The summed E-state index contributed by atoms with van der Waals surface area (Å²) in [6.45, 7) is 3.98. The molecule has 0 radical (unpaired) electrons. The van der Waals surface area contributed by atoms with Crippen molar-refractivity contribution in [3.63, 3.8) is 0 Å². The van der Waals surface area contributed by atoms with Gasteiger partial charge in [0.25, 0.3) is 0 Å². The standard InChI is InChI=1S/C18H23NO2/c1-15(17-6-3-2-4-7-17)20-12-5-13-21-18-10-8-16(14-19)9-11-18/h2-4,6-11,15H,5,12-14,19H2,1H3. The minimum absolute atomic E-state index is 0.120. The van der Waals surface area contributed by atoms with Gasteiger partial charge in [-0.25, -0.2) is 0 Å². The van der Waals surface area contributed by atoms with E-state index in [0.717, 1.165) is 17.7 Å². The predicted octanol–water partition coefficient (Wildman–Crippen LogP) is 3.69. The fraction of sp³-hybridized carbons (Fsp3) is 0.333. The lowest BCUT2D eigenvalue weighted by atomic mass is 10.1. The second-order valence-electron chi connectivity index (χ2n) is 4.97. The summed E-state index contributed by atoms with van der Waals surface area (Å²) in [7, 11) is 0. The van der Waals surface area contributed by atoms with Crippen molar-refractivity contribution < 1.29 is 9.47 Å². The molecule has 0 aliphatic rings. The SMILES string of the molecule is CC(OCCCOc1ccc(CN)cc1)c1ccccc1. The molecule has 3 nitrogen and oxygen atoms in total. The molecule has 0 heterocycles. The van der Waals surface area contributed by atoms with Crippen molar-refractivity contribution in [2.75, 3.05) is 13.2 Å². The predicted molar refractivity (Wildman–Crippen MR) is 85.3 cm³/mol. The summed E-state index contributed by atoms with van der Waals surface area (Å²) in [5.41, 5.74) is 7.88. The summed E-state index contributed by atoms with van der Waals surface area (Å²) in [6, 6.07) is 18.1. The van der Waals surface area contributed by atoms with Crippen molar-refractivity contribution in [1.82, 2.24) is 0 Å². The third kappa shape index (κ3) is 5.21. The number of rotatable bonds is 8. The summed E-state index contributed by atoms with van der Waals surface area (Å²) < 4.78 is 11.5. The first-order chi connectivity index (χ1) is 10.3. The van der Waals surface area contributed by atoms with Gasteiger partial charge in [-0.3, -0.25) is 0 Å². The lowest BCUT2D eigenvalue weighted by Gasteiger charge is -2.13. The Bertz CT molecular complexity index is 511. The fourth-order valence-corrected chi connectivity index (χ4v) is 2.05. The topological polar surface area (TPSA) is 44.5 Å². The minimum Gasteiger partial charge on any atom is -0.494 e. The quantitative estimate of drug-likeness (QED) is 0.752. The molecule has 2 aromatic rings. The van der Waals surface area contributed by atoms with Crippen LogP contribution < -0.4 is 10.5 Å². The molecular weight excluding hydrogens is 262 g/mol. The Kier molecular flexibility index (Phi) is 6.25. The highest BCUT2D eigenvalue weighted by Gasteiger charge is 2.04. The van der Waals surface area contributed by atoms with Crippen LogP contribution in [-0.4, -0.2) is 13.2 Å². The van der Waals surface area contributed by atoms with Crippen molar-refractivity contribution in [1.29, 1.82) is 0 Å². The average molecular weight is 285 g/mol. The van der Waals surface area contributed by atoms with Crippen LogP contribution in [0, 0.1) is 0 Å². The molecule has 2 rings (SSSR count). The van der Waals surface area contributed by atoms with E-state index in [4.69, 9.17) is 15.2 Å². The smallest absolute Gasteiger partial charge is 0.119 e. The highest BCUT2D eigenvalue weighted by atomic mass is 16.5. The Hall–Kier alpha value is -1.84. The summed E-state index contributed by atoms with van der Waals surface area (Å²) in [4.78, 5) is 0. The number of hydrogen-bond acceptors (Lipinski definition) is 3. The normalized spacial score (nSPS) is 12.1. The maximum absolute atomic E-state index is 5.81. The van der Waals surface area contributed by atoms with Crippen LogP contribution in [0.5, 0.6) is 5.75 Å². The summed E-state index contributed by atoms with van der Waals surface area (Å²) in [6.07, 6.45) is 0.991. The van der Waals surface area contributed by atoms with Gasteiger partial charge in [-0.05, 0) is 30.2 Å². The van der Waals surface area contributed by atoms with Crippen LogP contribution in [0.3, 0.4) is 0 Å². The lowest BCUT2D eigenvalue weighted by molar-refractivity contribution is 0.0571. The molecule has 21 heavy (non-hydrogen) atoms. The van der Waals surface area contributed by atoms with Gasteiger partial charge in [-0.1, -0.05) is 42.5 Å². The molecule has 0 spiro atoms. The molecular formula is C18H23NO2. The second-order valence-corrected chi connectivity index (χ2v) is 4.97. The molecule has 0 aliphatic heterocycles. The number of benzene rings is 2. The van der Waals surface area contributed by atoms with Crippen LogP contribution >= 0.6 is 0 Å². The highest BCUT2D eigenvalue weighted by molar-refractivity contribution is 5.27. The third-order valence-corrected chi connectivity index (χ3v) is 3.35. The van der Waals surface area contributed by atoms with E-state index in [1.54, 1.807) is 0 Å². The third-order valence-electron chi connectivity index (χ3n) is 3.35. The van der Waals surface area contributed by atoms with Gasteiger partial charge in [0, 0.05) is 13.0 Å². The molecule has 0 saturated heterocycles. The largest absolute Gasteiger partial charge is 0.494 e. The van der Waals surface area contributed by atoms with Gasteiger partial charge in [0.15, 0.2) is 0 Å². The van der Waals surface area contributed by atoms with E-state index in [9.17, 15) is 0 Å². The average Bonchev–Trinajstić information content (AvgIpc) is 2.55. The molecule has 0 bridgehead atoms. The Balaban J connectivity index is 1.63. The molecule has 1 unspecified atom stereocenters. The summed E-state index contributed by atoms with van der Waals surface area (Å²) in [5, 5.41) is 0. The number of nitrogens with two attached hydrogens (primary N) is 1. The van der Waals surface area contributed by atoms with Crippen molar-refractivity contribution in [3.05, 3.63) is 65.7 Å². The van der Waals surface area contributed by atoms with Gasteiger partial charge in [-0.15, -0.1) is 0 Å². The van der Waals surface area contributed by atoms with Crippen LogP contribution in [-0.2, 0) is 11.3 Å². The summed E-state index contributed by atoms with van der Waals surface area (Å²) in [5.74, 6) is 0.878. The molecule has 2 aromatic carbocycles. The molecule has 2 N–H and O–H groups in total. The van der Waals surface area contributed by atoms with E-state index in [0.29, 0.717) is 19.8 Å². The zero-order valence-electron chi connectivity index (χ0n) is 12.5. The van der Waals surface area contributed by atoms with E-state index >= 15 is 0 Å². The molecule has 0 aliphatic carbocycles. The van der Waals surface area contributed by atoms with Gasteiger partial charge in [0.2, 0.25) is 0 Å². The van der Waals surface area contributed by atoms with Crippen molar-refractivity contribution in [2.24, 2.45) is 5.73 Å². The second kappa shape index (κ2) is 8.45. The molecule has 112 valence electrons. The maximum Gasteiger partial charge on any atom is 0.119 e. The van der Waals surface area contributed by atoms with Gasteiger partial charge in [0.1, 0.15) is 5.75 Å². The lowest BCUT2D eigenvalue weighted by Crippen LogP contribution is -2.06. The summed E-state index contributed by atoms with van der Waals surface area (Å²) >= 11 is 0. The van der Waals surface area contributed by atoms with Crippen LogP contribution in [0.4, 0.5) is 0 Å². The van der Waals surface area contributed by atoms with Gasteiger partial charge in [-0.2, -0.15) is 0 Å². The van der Waals surface area contributed by atoms with E-state index < -0.39 is 0 Å². The Morgan fingerprint density at radius 3 is 2.33 bits per heavy atom. The zero-order valence-corrected chi connectivity index (χ0v) is 12.5. The highest BCUT2D eigenvalue weighted by Crippen LogP contribution is 2.16. The van der Waals surface area contributed by atoms with Crippen LogP contribution in [0.15, 0.2) is 54.6 Å². The molecule has 0 fully saturated rings. The Morgan fingerprint density at radius 2 is 1.67 bits per heavy atom. The monoisotopic (exact) mass is 285 g/mol. The van der Waals surface area contributed by atoms with E-state index in [1.165, 1.54) is 5.56 Å². The van der Waals surface area contributed by atoms with E-state index in [1.807, 2.05) is 42.5 Å². The number of ether oxygens (including phenoxy) is 2. The van der Waals surface area contributed by atoms with Gasteiger partial charge < -0.3 is 15.2 Å². The molecule has 0 aromatic heterocycles. The molecule has 0 amide bonds. The van der Waals surface area contributed by atoms with Crippen LogP contribution in [0.25, 0.3) is 0 Å².